The zero-order valence-electron chi connectivity index (χ0n) is 15.1. The van der Waals surface area contributed by atoms with Crippen molar-refractivity contribution in [2.24, 2.45) is 5.14 Å². The van der Waals surface area contributed by atoms with Crippen LogP contribution in [-0.4, -0.2) is 34.0 Å². The van der Waals surface area contributed by atoms with Crippen LogP contribution in [0.5, 0.6) is 5.75 Å². The van der Waals surface area contributed by atoms with Gasteiger partial charge in [0.15, 0.2) is 6.61 Å². The summed E-state index contributed by atoms with van der Waals surface area (Å²) < 4.78 is 28.7. The molecule has 1 aliphatic rings. The molecule has 0 aromatic heterocycles. The fourth-order valence-corrected chi connectivity index (χ4v) is 3.57. The number of carbonyl (C=O) groups excluding carboxylic acids is 1. The molecule has 144 valence electrons. The van der Waals surface area contributed by atoms with Crippen molar-refractivity contribution in [1.82, 2.24) is 10.6 Å². The number of fused-ring (bicyclic) bond motifs is 1. The molecule has 2 aromatic carbocycles. The smallest absolute Gasteiger partial charge is 0.258 e. The first kappa shape index (κ1) is 19.3. The van der Waals surface area contributed by atoms with Gasteiger partial charge in [-0.25, -0.2) is 13.6 Å². The number of hydrogen-bond donors (Lipinski definition) is 3. The van der Waals surface area contributed by atoms with Gasteiger partial charge in [-0.3, -0.25) is 4.79 Å². The zero-order valence-corrected chi connectivity index (χ0v) is 15.9. The van der Waals surface area contributed by atoms with Crippen LogP contribution in [0.2, 0.25) is 0 Å². The number of hydrogen-bond acceptors (Lipinski definition) is 5. The maximum Gasteiger partial charge on any atom is 0.258 e. The molecule has 7 nitrogen and oxygen atoms in total. The average molecular weight is 389 g/mol. The van der Waals surface area contributed by atoms with E-state index in [2.05, 4.69) is 10.6 Å². The molecule has 2 aromatic rings. The third-order valence-corrected chi connectivity index (χ3v) is 5.41. The predicted octanol–water partition coefficient (Wildman–Crippen LogP) is 1.02. The third kappa shape index (κ3) is 5.06. The molecule has 1 unspecified atom stereocenters. The molecular formula is C19H23N3O4S. The maximum atomic E-state index is 12.1. The van der Waals surface area contributed by atoms with E-state index in [0.717, 1.165) is 29.7 Å². The van der Waals surface area contributed by atoms with Gasteiger partial charge in [0, 0.05) is 12.6 Å². The van der Waals surface area contributed by atoms with Crippen molar-refractivity contribution < 1.29 is 17.9 Å². The molecule has 1 heterocycles. The van der Waals surface area contributed by atoms with Gasteiger partial charge in [0.2, 0.25) is 10.0 Å². The highest BCUT2D eigenvalue weighted by atomic mass is 32.2. The van der Waals surface area contributed by atoms with Crippen LogP contribution in [0.25, 0.3) is 0 Å². The van der Waals surface area contributed by atoms with Crippen molar-refractivity contribution >= 4 is 15.9 Å². The topological polar surface area (TPSA) is 111 Å². The summed E-state index contributed by atoms with van der Waals surface area (Å²) in [7, 11) is -3.77. The molecule has 0 radical (unpaired) electrons. The van der Waals surface area contributed by atoms with Crippen LogP contribution in [0.15, 0.2) is 47.4 Å². The minimum absolute atomic E-state index is 0.0731. The number of benzene rings is 2. The number of primary sulfonamides is 1. The second kappa shape index (κ2) is 8.08. The number of aryl methyl sites for hydroxylation is 1. The first-order valence-corrected chi connectivity index (χ1v) is 10.2. The van der Waals surface area contributed by atoms with Gasteiger partial charge in [0.25, 0.3) is 5.91 Å². The number of amides is 1. The minimum atomic E-state index is -3.77. The minimum Gasteiger partial charge on any atom is -0.484 e. The Kier molecular flexibility index (Phi) is 5.79. The summed E-state index contributed by atoms with van der Waals surface area (Å²) >= 11 is 0. The van der Waals surface area contributed by atoms with Crippen molar-refractivity contribution in [3.05, 3.63) is 59.2 Å². The van der Waals surface area contributed by atoms with Crippen LogP contribution in [-0.2, 0) is 21.2 Å². The van der Waals surface area contributed by atoms with Crippen LogP contribution in [0.3, 0.4) is 0 Å². The summed E-state index contributed by atoms with van der Waals surface area (Å²) in [5, 5.41) is 11.4. The zero-order chi connectivity index (χ0) is 19.4. The summed E-state index contributed by atoms with van der Waals surface area (Å²) in [4.78, 5) is 12.2. The lowest BCUT2D eigenvalue weighted by Crippen LogP contribution is -2.40. The van der Waals surface area contributed by atoms with Gasteiger partial charge < -0.3 is 15.4 Å². The Labute approximate surface area is 159 Å². The number of nitrogens with one attached hydrogen (secondary N) is 2. The lowest BCUT2D eigenvalue weighted by Gasteiger charge is -2.27. The Balaban J connectivity index is 1.60. The molecule has 8 heteroatoms. The Morgan fingerprint density at radius 3 is 2.70 bits per heavy atom. The Hall–Kier alpha value is -2.42. The highest BCUT2D eigenvalue weighted by Gasteiger charge is 2.22. The molecule has 1 amide bonds. The van der Waals surface area contributed by atoms with Gasteiger partial charge in [-0.2, -0.15) is 0 Å². The van der Waals surface area contributed by atoms with E-state index in [1.807, 2.05) is 31.2 Å². The molecule has 0 spiro atoms. The molecule has 4 N–H and O–H groups in total. The summed E-state index contributed by atoms with van der Waals surface area (Å²) in [5.41, 5.74) is 3.01. The largest absolute Gasteiger partial charge is 0.484 e. The van der Waals surface area contributed by atoms with Gasteiger partial charge in [0.1, 0.15) is 5.75 Å². The summed E-state index contributed by atoms with van der Waals surface area (Å²) in [6.07, 6.45) is 0.793. The normalized spacial score (nSPS) is 16.4. The SMILES string of the molecule is Cc1ccc(OCC(=O)NCC2NCCc3ccc(S(N)(=O)=O)cc32)cc1. The van der Waals surface area contributed by atoms with Crippen LogP contribution in [0, 0.1) is 6.92 Å². The van der Waals surface area contributed by atoms with E-state index in [9.17, 15) is 13.2 Å². The highest BCUT2D eigenvalue weighted by molar-refractivity contribution is 7.89. The summed E-state index contributed by atoms with van der Waals surface area (Å²) in [5.74, 6) is 0.391. The van der Waals surface area contributed by atoms with E-state index in [4.69, 9.17) is 9.88 Å². The van der Waals surface area contributed by atoms with E-state index >= 15 is 0 Å². The Morgan fingerprint density at radius 1 is 1.26 bits per heavy atom. The first-order valence-electron chi connectivity index (χ1n) is 8.68. The van der Waals surface area contributed by atoms with Gasteiger partial charge >= 0.3 is 0 Å². The molecule has 1 atom stereocenters. The molecular weight excluding hydrogens is 366 g/mol. The fourth-order valence-electron chi connectivity index (χ4n) is 3.03. The van der Waals surface area contributed by atoms with Crippen molar-refractivity contribution in [3.8, 4) is 5.75 Å². The van der Waals surface area contributed by atoms with Crippen LogP contribution >= 0.6 is 0 Å². The quantitative estimate of drug-likeness (QED) is 0.683. The number of ether oxygens (including phenoxy) is 1. The first-order chi connectivity index (χ1) is 12.8. The number of carbonyl (C=O) groups is 1. The van der Waals surface area contributed by atoms with Gasteiger partial charge in [-0.1, -0.05) is 23.8 Å². The molecule has 0 saturated heterocycles. The van der Waals surface area contributed by atoms with Gasteiger partial charge in [-0.05, 0) is 55.3 Å². The van der Waals surface area contributed by atoms with E-state index < -0.39 is 10.0 Å². The average Bonchev–Trinajstić information content (AvgIpc) is 2.64. The lowest BCUT2D eigenvalue weighted by atomic mass is 9.94. The summed E-state index contributed by atoms with van der Waals surface area (Å²) in [6.45, 7) is 2.98. The molecule has 0 saturated carbocycles. The highest BCUT2D eigenvalue weighted by Crippen LogP contribution is 2.25. The van der Waals surface area contributed by atoms with Crippen LogP contribution in [0.1, 0.15) is 22.7 Å². The van der Waals surface area contributed by atoms with E-state index in [-0.39, 0.29) is 23.5 Å². The maximum absolute atomic E-state index is 12.1. The summed E-state index contributed by atoms with van der Waals surface area (Å²) in [6, 6.07) is 12.2. The van der Waals surface area contributed by atoms with Crippen molar-refractivity contribution in [2.45, 2.75) is 24.3 Å². The lowest BCUT2D eigenvalue weighted by molar-refractivity contribution is -0.123. The van der Waals surface area contributed by atoms with Crippen LogP contribution in [0.4, 0.5) is 0 Å². The van der Waals surface area contributed by atoms with Crippen molar-refractivity contribution in [1.29, 1.82) is 0 Å². The van der Waals surface area contributed by atoms with Crippen LogP contribution < -0.4 is 20.5 Å². The number of rotatable bonds is 6. The third-order valence-electron chi connectivity index (χ3n) is 4.50. The Bertz CT molecular complexity index is 926. The molecule has 0 fully saturated rings. The van der Waals surface area contributed by atoms with Gasteiger partial charge in [-0.15, -0.1) is 0 Å². The van der Waals surface area contributed by atoms with Gasteiger partial charge in [0.05, 0.1) is 4.90 Å². The fraction of sp³-hybridized carbons (Fsp3) is 0.316. The van der Waals surface area contributed by atoms with E-state index in [1.54, 1.807) is 12.1 Å². The standard InChI is InChI=1S/C19H23N3O4S/c1-13-2-5-15(6-3-13)26-12-19(23)22-11-18-17-10-16(27(20,24)25)7-4-14(17)8-9-21-18/h2-7,10,18,21H,8-9,11-12H2,1H3,(H,22,23)(H2,20,24,25). The predicted molar refractivity (Wildman–Crippen MR) is 102 cm³/mol. The van der Waals surface area contributed by atoms with E-state index in [1.165, 1.54) is 6.07 Å². The molecule has 0 bridgehead atoms. The molecule has 27 heavy (non-hydrogen) atoms. The van der Waals surface area contributed by atoms with Crippen molar-refractivity contribution in [2.75, 3.05) is 19.7 Å². The number of sulfonamides is 1. The van der Waals surface area contributed by atoms with E-state index in [0.29, 0.717) is 12.3 Å². The number of nitrogens with two attached hydrogens (primary N) is 1. The monoisotopic (exact) mass is 389 g/mol. The Morgan fingerprint density at radius 2 is 2.00 bits per heavy atom. The second-order valence-corrected chi connectivity index (χ2v) is 8.13. The molecule has 1 aliphatic heterocycles. The molecule has 3 rings (SSSR count). The second-order valence-electron chi connectivity index (χ2n) is 6.57. The molecule has 0 aliphatic carbocycles. The van der Waals surface area contributed by atoms with Crippen molar-refractivity contribution in [3.63, 3.8) is 0 Å².